The van der Waals surface area contributed by atoms with E-state index in [1.54, 1.807) is 6.20 Å². The van der Waals surface area contributed by atoms with E-state index in [0.29, 0.717) is 18.4 Å². The van der Waals surface area contributed by atoms with Crippen molar-refractivity contribution in [2.75, 3.05) is 19.7 Å². The number of carbonyl (C=O) groups is 1. The predicted molar refractivity (Wildman–Crippen MR) is 107 cm³/mol. The Bertz CT molecular complexity index is 768. The molecule has 146 valence electrons. The van der Waals surface area contributed by atoms with Gasteiger partial charge in [0.15, 0.2) is 0 Å². The summed E-state index contributed by atoms with van der Waals surface area (Å²) in [6.07, 6.45) is 5.84. The molecule has 1 saturated heterocycles. The van der Waals surface area contributed by atoms with E-state index in [1.807, 2.05) is 40.8 Å². The van der Waals surface area contributed by atoms with E-state index in [-0.39, 0.29) is 11.9 Å². The summed E-state index contributed by atoms with van der Waals surface area (Å²) in [6.45, 7) is 10.5. The predicted octanol–water partition coefficient (Wildman–Crippen LogP) is 4.19. The topological polar surface area (TPSA) is 47.4 Å². The molecule has 1 aliphatic rings. The van der Waals surface area contributed by atoms with Crippen LogP contribution in [0.4, 0.5) is 0 Å². The molecule has 2 aromatic rings. The van der Waals surface area contributed by atoms with Crippen molar-refractivity contribution in [2.45, 2.75) is 52.5 Å². The van der Waals surface area contributed by atoms with Gasteiger partial charge in [-0.25, -0.2) is 4.98 Å². The highest BCUT2D eigenvalue weighted by Crippen LogP contribution is 2.24. The van der Waals surface area contributed by atoms with Gasteiger partial charge < -0.3 is 14.2 Å². The van der Waals surface area contributed by atoms with Crippen molar-refractivity contribution >= 4 is 5.91 Å². The van der Waals surface area contributed by atoms with Crippen LogP contribution >= 0.6 is 0 Å². The van der Waals surface area contributed by atoms with Gasteiger partial charge >= 0.3 is 0 Å². The largest absolute Gasteiger partial charge is 0.493 e. The number of hydrogen-bond acceptors (Lipinski definition) is 3. The van der Waals surface area contributed by atoms with E-state index < -0.39 is 0 Å². The Balaban J connectivity index is 1.61. The van der Waals surface area contributed by atoms with Crippen molar-refractivity contribution in [1.82, 2.24) is 14.5 Å². The van der Waals surface area contributed by atoms with Gasteiger partial charge in [-0.1, -0.05) is 32.0 Å². The third-order valence-corrected chi connectivity index (χ3v) is 5.39. The number of aryl methyl sites for hydroxylation is 1. The lowest BCUT2D eigenvalue weighted by atomic mass is 9.98. The lowest BCUT2D eigenvalue weighted by Crippen LogP contribution is -2.44. The van der Waals surface area contributed by atoms with Gasteiger partial charge in [0.2, 0.25) is 5.91 Å². The van der Waals surface area contributed by atoms with Crippen molar-refractivity contribution in [3.8, 4) is 5.75 Å². The Labute approximate surface area is 162 Å². The molecule has 0 saturated carbocycles. The van der Waals surface area contributed by atoms with E-state index >= 15 is 0 Å². The molecule has 5 heteroatoms. The summed E-state index contributed by atoms with van der Waals surface area (Å²) in [5.74, 6) is 2.76. The zero-order chi connectivity index (χ0) is 19.4. The monoisotopic (exact) mass is 369 g/mol. The zero-order valence-electron chi connectivity index (χ0n) is 16.9. The summed E-state index contributed by atoms with van der Waals surface area (Å²) in [4.78, 5) is 19.5. The van der Waals surface area contributed by atoms with Gasteiger partial charge in [-0.2, -0.15) is 0 Å². The first kappa shape index (κ1) is 19.5. The number of hydrogen-bond donors (Lipinski definition) is 0. The standard InChI is InChI=1S/C22H31N3O2/c1-16(2)21-23-11-13-25(21)18(4)22(26)24-12-7-9-19(14-24)15-27-20-10-6-5-8-17(20)3/h5-6,8,10-11,13,16,18-19H,7,9,12,14-15H2,1-4H3/t18-,19+/m0/s1. The molecule has 5 nitrogen and oxygen atoms in total. The van der Waals surface area contributed by atoms with Crippen molar-refractivity contribution < 1.29 is 9.53 Å². The van der Waals surface area contributed by atoms with Gasteiger partial charge in [0.1, 0.15) is 17.6 Å². The zero-order valence-corrected chi connectivity index (χ0v) is 16.9. The second-order valence-corrected chi connectivity index (χ2v) is 7.89. The minimum Gasteiger partial charge on any atom is -0.493 e. The summed E-state index contributed by atoms with van der Waals surface area (Å²) < 4.78 is 8.05. The highest BCUT2D eigenvalue weighted by atomic mass is 16.5. The molecule has 1 aromatic carbocycles. The Morgan fingerprint density at radius 3 is 2.81 bits per heavy atom. The molecular weight excluding hydrogens is 338 g/mol. The van der Waals surface area contributed by atoms with Gasteiger partial charge in [0.05, 0.1) is 6.61 Å². The molecule has 0 spiro atoms. The smallest absolute Gasteiger partial charge is 0.245 e. The minimum absolute atomic E-state index is 0.176. The van der Waals surface area contributed by atoms with Crippen LogP contribution in [-0.4, -0.2) is 40.1 Å². The molecule has 1 aliphatic heterocycles. The number of nitrogens with zero attached hydrogens (tertiary/aromatic N) is 3. The number of para-hydroxylation sites is 1. The maximum absolute atomic E-state index is 13.1. The molecule has 2 atom stereocenters. The number of carbonyl (C=O) groups excluding carboxylic acids is 1. The van der Waals surface area contributed by atoms with E-state index in [0.717, 1.165) is 43.1 Å². The number of aromatic nitrogens is 2. The van der Waals surface area contributed by atoms with E-state index in [2.05, 4.69) is 31.8 Å². The van der Waals surface area contributed by atoms with Crippen LogP contribution < -0.4 is 4.74 Å². The Hall–Kier alpha value is -2.30. The van der Waals surface area contributed by atoms with Crippen LogP contribution in [0.3, 0.4) is 0 Å². The molecule has 27 heavy (non-hydrogen) atoms. The molecule has 1 amide bonds. The number of imidazole rings is 1. The summed E-state index contributed by atoms with van der Waals surface area (Å²) in [5, 5.41) is 0. The Morgan fingerprint density at radius 2 is 2.07 bits per heavy atom. The van der Waals surface area contributed by atoms with Gasteiger partial charge in [-0.3, -0.25) is 4.79 Å². The summed E-state index contributed by atoms with van der Waals surface area (Å²) in [5.41, 5.74) is 1.15. The number of rotatable bonds is 6. The third-order valence-electron chi connectivity index (χ3n) is 5.39. The van der Waals surface area contributed by atoms with Gasteiger partial charge in [-0.15, -0.1) is 0 Å². The van der Waals surface area contributed by atoms with Crippen LogP contribution in [0.1, 0.15) is 57.0 Å². The number of benzene rings is 1. The fourth-order valence-corrected chi connectivity index (χ4v) is 3.81. The molecule has 0 N–H and O–H groups in total. The van der Waals surface area contributed by atoms with Crippen molar-refractivity contribution in [3.05, 3.63) is 48.0 Å². The summed E-state index contributed by atoms with van der Waals surface area (Å²) >= 11 is 0. The van der Waals surface area contributed by atoms with Crippen LogP contribution in [0.2, 0.25) is 0 Å². The molecule has 0 radical (unpaired) electrons. The quantitative estimate of drug-likeness (QED) is 0.767. The Morgan fingerprint density at radius 1 is 1.30 bits per heavy atom. The maximum atomic E-state index is 13.1. The molecule has 1 aromatic heterocycles. The lowest BCUT2D eigenvalue weighted by molar-refractivity contribution is -0.136. The number of piperidine rings is 1. The second kappa shape index (κ2) is 8.59. The van der Waals surface area contributed by atoms with Crippen LogP contribution in [0.15, 0.2) is 36.7 Å². The molecule has 1 fully saturated rings. The highest BCUT2D eigenvalue weighted by Gasteiger charge is 2.29. The first-order valence-electron chi connectivity index (χ1n) is 9.97. The van der Waals surface area contributed by atoms with Gasteiger partial charge in [0.25, 0.3) is 0 Å². The normalized spacial score (nSPS) is 18.6. The van der Waals surface area contributed by atoms with Crippen molar-refractivity contribution in [2.24, 2.45) is 5.92 Å². The van der Waals surface area contributed by atoms with Crippen LogP contribution in [0.5, 0.6) is 5.75 Å². The first-order chi connectivity index (χ1) is 13.0. The molecular formula is C22H31N3O2. The summed E-state index contributed by atoms with van der Waals surface area (Å²) in [7, 11) is 0. The SMILES string of the molecule is Cc1ccccc1OC[C@@H]1CCCN(C(=O)[C@H](C)n2ccnc2C(C)C)C1. The molecule has 3 rings (SSSR count). The van der Waals surface area contributed by atoms with E-state index in [1.165, 1.54) is 0 Å². The average molecular weight is 370 g/mol. The number of amides is 1. The molecule has 2 heterocycles. The van der Waals surface area contributed by atoms with Crippen molar-refractivity contribution in [3.63, 3.8) is 0 Å². The number of likely N-dealkylation sites (tertiary alicyclic amines) is 1. The molecule has 0 unspecified atom stereocenters. The number of ether oxygens (including phenoxy) is 1. The van der Waals surface area contributed by atoms with E-state index in [9.17, 15) is 4.79 Å². The average Bonchev–Trinajstić information content (AvgIpc) is 3.16. The van der Waals surface area contributed by atoms with Gasteiger partial charge in [-0.05, 0) is 38.3 Å². The van der Waals surface area contributed by atoms with Crippen molar-refractivity contribution in [1.29, 1.82) is 0 Å². The minimum atomic E-state index is -0.221. The fraction of sp³-hybridized carbons (Fsp3) is 0.545. The first-order valence-corrected chi connectivity index (χ1v) is 9.97. The maximum Gasteiger partial charge on any atom is 0.245 e. The van der Waals surface area contributed by atoms with E-state index in [4.69, 9.17) is 4.74 Å². The van der Waals surface area contributed by atoms with Gasteiger partial charge in [0, 0.05) is 37.3 Å². The summed E-state index contributed by atoms with van der Waals surface area (Å²) in [6, 6.07) is 7.87. The second-order valence-electron chi connectivity index (χ2n) is 7.89. The highest BCUT2D eigenvalue weighted by molar-refractivity contribution is 5.80. The molecule has 0 bridgehead atoms. The molecule has 0 aliphatic carbocycles. The van der Waals surface area contributed by atoms with Crippen LogP contribution in [0.25, 0.3) is 0 Å². The fourth-order valence-electron chi connectivity index (χ4n) is 3.81. The third kappa shape index (κ3) is 4.52. The van der Waals surface area contributed by atoms with Crippen LogP contribution in [0, 0.1) is 12.8 Å². The Kier molecular flexibility index (Phi) is 6.19. The van der Waals surface area contributed by atoms with Crippen LogP contribution in [-0.2, 0) is 4.79 Å². The lowest BCUT2D eigenvalue weighted by Gasteiger charge is -2.35.